The second-order valence-corrected chi connectivity index (χ2v) is 6.62. The molecule has 0 aliphatic carbocycles. The van der Waals surface area contributed by atoms with Gasteiger partial charge in [-0.1, -0.05) is 34.1 Å². The van der Waals surface area contributed by atoms with Crippen molar-refractivity contribution in [2.75, 3.05) is 25.5 Å². The molecular formula is C17H17BrN2O2S. The second kappa shape index (κ2) is 7.19. The molecule has 1 aliphatic heterocycles. The Morgan fingerprint density at radius 3 is 2.83 bits per heavy atom. The highest BCUT2D eigenvalue weighted by molar-refractivity contribution is 9.10. The van der Waals surface area contributed by atoms with Gasteiger partial charge < -0.3 is 19.7 Å². The normalized spacial score (nSPS) is 15.8. The first-order chi connectivity index (χ1) is 11.1. The minimum absolute atomic E-state index is 0.0582. The molecule has 1 heterocycles. The van der Waals surface area contributed by atoms with E-state index < -0.39 is 0 Å². The maximum Gasteiger partial charge on any atom is 0.173 e. The van der Waals surface area contributed by atoms with Crippen LogP contribution in [0.4, 0.5) is 5.69 Å². The van der Waals surface area contributed by atoms with Crippen molar-refractivity contribution in [3.8, 4) is 11.5 Å². The van der Waals surface area contributed by atoms with Crippen LogP contribution in [0.15, 0.2) is 53.0 Å². The first-order valence-corrected chi connectivity index (χ1v) is 8.48. The summed E-state index contributed by atoms with van der Waals surface area (Å²) in [6.45, 7) is 1.16. The summed E-state index contributed by atoms with van der Waals surface area (Å²) in [6, 6.07) is 15.6. The van der Waals surface area contributed by atoms with E-state index in [-0.39, 0.29) is 6.10 Å². The monoisotopic (exact) mass is 392 g/mol. The lowest BCUT2D eigenvalue weighted by molar-refractivity contribution is 0.0784. The molecule has 0 spiro atoms. The molecule has 1 N–H and O–H groups in total. The molecule has 4 nitrogen and oxygen atoms in total. The van der Waals surface area contributed by atoms with Crippen LogP contribution in [0.2, 0.25) is 0 Å². The fourth-order valence-electron chi connectivity index (χ4n) is 2.33. The smallest absolute Gasteiger partial charge is 0.173 e. The molecule has 0 radical (unpaired) electrons. The number of thiocarbonyl (C=S) groups is 1. The van der Waals surface area contributed by atoms with Crippen molar-refractivity contribution in [2.45, 2.75) is 6.10 Å². The number of para-hydroxylation sites is 2. The Hall–Kier alpha value is -1.79. The van der Waals surface area contributed by atoms with E-state index in [1.54, 1.807) is 0 Å². The van der Waals surface area contributed by atoms with Crippen molar-refractivity contribution in [3.63, 3.8) is 0 Å². The Bertz CT molecular complexity index is 710. The van der Waals surface area contributed by atoms with Crippen LogP contribution in [-0.4, -0.2) is 36.3 Å². The van der Waals surface area contributed by atoms with E-state index in [9.17, 15) is 0 Å². The lowest BCUT2D eigenvalue weighted by Gasteiger charge is -2.30. The van der Waals surface area contributed by atoms with Crippen molar-refractivity contribution in [2.24, 2.45) is 0 Å². The van der Waals surface area contributed by atoms with E-state index in [0.29, 0.717) is 18.3 Å². The molecule has 0 unspecified atom stereocenters. The minimum atomic E-state index is -0.0582. The lowest BCUT2D eigenvalue weighted by atomic mass is 10.2. The molecule has 0 saturated carbocycles. The Labute approximate surface area is 149 Å². The summed E-state index contributed by atoms with van der Waals surface area (Å²) in [5.74, 6) is 1.57. The van der Waals surface area contributed by atoms with Gasteiger partial charge in [-0.3, -0.25) is 0 Å². The van der Waals surface area contributed by atoms with Crippen LogP contribution in [0, 0.1) is 0 Å². The van der Waals surface area contributed by atoms with Crippen molar-refractivity contribution in [3.05, 3.63) is 53.0 Å². The number of likely N-dealkylation sites (N-methyl/N-ethyl adjacent to an activating group) is 1. The Balaban J connectivity index is 1.57. The molecule has 120 valence electrons. The highest BCUT2D eigenvalue weighted by Crippen LogP contribution is 2.31. The van der Waals surface area contributed by atoms with Crippen molar-refractivity contribution in [1.29, 1.82) is 0 Å². The summed E-state index contributed by atoms with van der Waals surface area (Å²) >= 11 is 8.90. The summed E-state index contributed by atoms with van der Waals surface area (Å²) in [6.07, 6.45) is -0.0582. The van der Waals surface area contributed by atoms with Crippen LogP contribution < -0.4 is 14.8 Å². The third kappa shape index (κ3) is 4.14. The molecule has 6 heteroatoms. The molecule has 0 bridgehead atoms. The molecule has 0 amide bonds. The van der Waals surface area contributed by atoms with Crippen molar-refractivity contribution < 1.29 is 9.47 Å². The van der Waals surface area contributed by atoms with Crippen LogP contribution in [0.25, 0.3) is 0 Å². The zero-order valence-electron chi connectivity index (χ0n) is 12.7. The van der Waals surface area contributed by atoms with Crippen molar-refractivity contribution >= 4 is 38.9 Å². The van der Waals surface area contributed by atoms with E-state index in [4.69, 9.17) is 21.7 Å². The van der Waals surface area contributed by atoms with E-state index in [1.165, 1.54) is 0 Å². The third-order valence-electron chi connectivity index (χ3n) is 3.47. The van der Waals surface area contributed by atoms with Crippen molar-refractivity contribution in [1.82, 2.24) is 4.90 Å². The van der Waals surface area contributed by atoms with Crippen LogP contribution in [0.1, 0.15) is 0 Å². The summed E-state index contributed by atoms with van der Waals surface area (Å²) in [4.78, 5) is 1.96. The number of benzene rings is 2. The second-order valence-electron chi connectivity index (χ2n) is 5.32. The van der Waals surface area contributed by atoms with E-state index in [1.807, 2.05) is 60.5 Å². The molecule has 1 atom stereocenters. The maximum atomic E-state index is 5.96. The maximum absolute atomic E-state index is 5.96. The molecular weight excluding hydrogens is 376 g/mol. The largest absolute Gasteiger partial charge is 0.486 e. The fraction of sp³-hybridized carbons (Fsp3) is 0.235. The van der Waals surface area contributed by atoms with Crippen LogP contribution in [0.3, 0.4) is 0 Å². The molecule has 0 saturated heterocycles. The SMILES string of the molecule is CN(C[C@@H]1COc2ccccc2O1)C(=S)Nc1cccc(Br)c1. The summed E-state index contributed by atoms with van der Waals surface area (Å²) in [5.41, 5.74) is 0.947. The van der Waals surface area contributed by atoms with E-state index in [0.717, 1.165) is 21.7 Å². The van der Waals surface area contributed by atoms with Gasteiger partial charge in [0.1, 0.15) is 6.61 Å². The highest BCUT2D eigenvalue weighted by atomic mass is 79.9. The first-order valence-electron chi connectivity index (χ1n) is 7.28. The molecule has 2 aromatic carbocycles. The van der Waals surface area contributed by atoms with Gasteiger partial charge in [0.2, 0.25) is 0 Å². The quantitative estimate of drug-likeness (QED) is 0.800. The summed E-state index contributed by atoms with van der Waals surface area (Å²) in [5, 5.41) is 3.87. The number of nitrogens with zero attached hydrogens (tertiary/aromatic N) is 1. The molecule has 3 rings (SSSR count). The number of halogens is 1. The van der Waals surface area contributed by atoms with Crippen LogP contribution in [0.5, 0.6) is 11.5 Å². The van der Waals surface area contributed by atoms with Gasteiger partial charge in [0.25, 0.3) is 0 Å². The molecule has 0 fully saturated rings. The lowest BCUT2D eigenvalue weighted by Crippen LogP contribution is -2.43. The summed E-state index contributed by atoms with van der Waals surface area (Å²) < 4.78 is 12.7. The Morgan fingerprint density at radius 2 is 2.04 bits per heavy atom. The average Bonchev–Trinajstić information content (AvgIpc) is 2.54. The Kier molecular flexibility index (Phi) is 5.03. The Morgan fingerprint density at radius 1 is 1.26 bits per heavy atom. The fourth-order valence-corrected chi connectivity index (χ4v) is 2.92. The van der Waals surface area contributed by atoms with Gasteiger partial charge in [-0.05, 0) is 42.5 Å². The number of hydrogen-bond donors (Lipinski definition) is 1. The first kappa shape index (κ1) is 16.1. The standard InChI is InChI=1S/C17H17BrN2O2S/c1-20(17(23)19-13-6-4-5-12(18)9-13)10-14-11-21-15-7-2-3-8-16(15)22-14/h2-9,14H,10-11H2,1H3,(H,19,23)/t14-/m1/s1. The summed E-state index contributed by atoms with van der Waals surface area (Å²) in [7, 11) is 1.94. The zero-order chi connectivity index (χ0) is 16.2. The van der Waals surface area contributed by atoms with Gasteiger partial charge >= 0.3 is 0 Å². The van der Waals surface area contributed by atoms with Gasteiger partial charge in [-0.15, -0.1) is 0 Å². The predicted octanol–water partition coefficient (Wildman–Crippen LogP) is 3.92. The van der Waals surface area contributed by atoms with Gasteiger partial charge in [0, 0.05) is 17.2 Å². The molecule has 1 aliphatic rings. The highest BCUT2D eigenvalue weighted by Gasteiger charge is 2.22. The molecule has 0 aromatic heterocycles. The average molecular weight is 393 g/mol. The number of hydrogen-bond acceptors (Lipinski definition) is 3. The molecule has 2 aromatic rings. The van der Waals surface area contributed by atoms with Gasteiger partial charge in [-0.25, -0.2) is 0 Å². The molecule has 23 heavy (non-hydrogen) atoms. The third-order valence-corrected chi connectivity index (χ3v) is 4.37. The zero-order valence-corrected chi connectivity index (χ0v) is 15.1. The van der Waals surface area contributed by atoms with Gasteiger partial charge in [0.05, 0.1) is 6.54 Å². The predicted molar refractivity (Wildman–Crippen MR) is 99.3 cm³/mol. The van der Waals surface area contributed by atoms with E-state index in [2.05, 4.69) is 21.2 Å². The number of anilines is 1. The van der Waals surface area contributed by atoms with Crippen LogP contribution in [-0.2, 0) is 0 Å². The number of fused-ring (bicyclic) bond motifs is 1. The topological polar surface area (TPSA) is 33.7 Å². The van der Waals surface area contributed by atoms with E-state index >= 15 is 0 Å². The number of rotatable bonds is 3. The van der Waals surface area contributed by atoms with Gasteiger partial charge in [0.15, 0.2) is 22.7 Å². The number of ether oxygens (including phenoxy) is 2. The minimum Gasteiger partial charge on any atom is -0.486 e. The number of nitrogens with one attached hydrogen (secondary N) is 1. The van der Waals surface area contributed by atoms with Crippen LogP contribution >= 0.6 is 28.1 Å². The van der Waals surface area contributed by atoms with Gasteiger partial charge in [-0.2, -0.15) is 0 Å².